The molecule has 2 N–H and O–H groups in total. The van der Waals surface area contributed by atoms with Gasteiger partial charge in [0.2, 0.25) is 0 Å². The van der Waals surface area contributed by atoms with Crippen LogP contribution in [0.4, 0.5) is 5.82 Å². The number of nitrogens with zero attached hydrogens (tertiary/aromatic N) is 2. The van der Waals surface area contributed by atoms with E-state index in [0.29, 0.717) is 29.9 Å². The van der Waals surface area contributed by atoms with Crippen LogP contribution in [0.5, 0.6) is 0 Å². The molecule has 0 spiro atoms. The first-order valence-electron chi connectivity index (χ1n) is 8.49. The minimum Gasteiger partial charge on any atom is -0.362 e. The van der Waals surface area contributed by atoms with E-state index in [4.69, 9.17) is 0 Å². The number of carbonyl (C=O) groups excluding carboxylic acids is 1. The van der Waals surface area contributed by atoms with E-state index in [9.17, 15) is 9.59 Å². The Balaban J connectivity index is 1.72. The third-order valence-corrected chi connectivity index (χ3v) is 4.21. The molecule has 0 aliphatic carbocycles. The second-order valence-corrected chi connectivity index (χ2v) is 6.49. The number of hydrogen-bond acceptors (Lipinski definition) is 4. The fraction of sp³-hybridized carbons (Fsp3) is 0.250. The van der Waals surface area contributed by atoms with Crippen LogP contribution in [-0.4, -0.2) is 36.5 Å². The molecule has 0 bridgehead atoms. The van der Waals surface area contributed by atoms with Gasteiger partial charge in [0.25, 0.3) is 11.5 Å². The SMILES string of the molecule is Cc1ccc2[nH]c(=O)c(CCNC(=O)c3cccnc3N(C)C)cc2c1. The molecule has 2 heterocycles. The summed E-state index contributed by atoms with van der Waals surface area (Å²) in [7, 11) is 3.69. The zero-order valence-corrected chi connectivity index (χ0v) is 15.2. The molecule has 2 aromatic heterocycles. The lowest BCUT2D eigenvalue weighted by molar-refractivity contribution is 0.0954. The standard InChI is InChI=1S/C20H22N4O2/c1-13-6-7-17-15(11-13)12-14(19(25)23-17)8-10-22-20(26)16-5-4-9-21-18(16)24(2)3/h4-7,9,11-12H,8,10H2,1-3H3,(H,22,26)(H,23,25). The topological polar surface area (TPSA) is 78.1 Å². The highest BCUT2D eigenvalue weighted by Crippen LogP contribution is 2.15. The number of carbonyl (C=O) groups is 1. The van der Waals surface area contributed by atoms with Gasteiger partial charge in [-0.05, 0) is 49.1 Å². The largest absolute Gasteiger partial charge is 0.362 e. The molecular weight excluding hydrogens is 328 g/mol. The van der Waals surface area contributed by atoms with Gasteiger partial charge in [0, 0.05) is 37.9 Å². The lowest BCUT2D eigenvalue weighted by atomic mass is 10.1. The first kappa shape index (κ1) is 17.7. The maximum absolute atomic E-state index is 12.4. The van der Waals surface area contributed by atoms with Gasteiger partial charge < -0.3 is 15.2 Å². The molecule has 3 rings (SSSR count). The fourth-order valence-electron chi connectivity index (χ4n) is 2.89. The highest BCUT2D eigenvalue weighted by molar-refractivity contribution is 5.98. The summed E-state index contributed by atoms with van der Waals surface area (Å²) in [6.07, 6.45) is 2.12. The number of aromatic amines is 1. The Morgan fingerprint density at radius 2 is 2.04 bits per heavy atom. The third-order valence-electron chi connectivity index (χ3n) is 4.21. The summed E-state index contributed by atoms with van der Waals surface area (Å²) < 4.78 is 0. The number of H-pyrrole nitrogens is 1. The number of fused-ring (bicyclic) bond motifs is 1. The number of hydrogen-bond donors (Lipinski definition) is 2. The van der Waals surface area contributed by atoms with Crippen LogP contribution in [0.1, 0.15) is 21.5 Å². The minimum atomic E-state index is -0.199. The van der Waals surface area contributed by atoms with Crippen molar-refractivity contribution < 1.29 is 4.79 Å². The van der Waals surface area contributed by atoms with Crippen LogP contribution < -0.4 is 15.8 Å². The monoisotopic (exact) mass is 350 g/mol. The normalized spacial score (nSPS) is 10.7. The Hall–Kier alpha value is -3.15. The highest BCUT2D eigenvalue weighted by Gasteiger charge is 2.13. The van der Waals surface area contributed by atoms with Crippen molar-refractivity contribution in [3.63, 3.8) is 0 Å². The van der Waals surface area contributed by atoms with E-state index >= 15 is 0 Å². The van der Waals surface area contributed by atoms with Crippen LogP contribution in [-0.2, 0) is 6.42 Å². The number of amides is 1. The van der Waals surface area contributed by atoms with Crippen LogP contribution in [0.25, 0.3) is 10.9 Å². The number of pyridine rings is 2. The lowest BCUT2D eigenvalue weighted by Gasteiger charge is -2.15. The summed E-state index contributed by atoms with van der Waals surface area (Å²) in [6.45, 7) is 2.39. The molecule has 134 valence electrons. The third kappa shape index (κ3) is 3.74. The lowest BCUT2D eigenvalue weighted by Crippen LogP contribution is -2.29. The first-order chi connectivity index (χ1) is 12.5. The summed E-state index contributed by atoms with van der Waals surface area (Å²) in [5, 5.41) is 3.86. The second-order valence-electron chi connectivity index (χ2n) is 6.49. The Morgan fingerprint density at radius 3 is 2.81 bits per heavy atom. The van der Waals surface area contributed by atoms with Crippen LogP contribution in [0.2, 0.25) is 0 Å². The quantitative estimate of drug-likeness (QED) is 0.740. The van der Waals surface area contributed by atoms with Crippen molar-refractivity contribution in [2.45, 2.75) is 13.3 Å². The maximum atomic E-state index is 12.4. The van der Waals surface area contributed by atoms with E-state index in [0.717, 1.165) is 16.5 Å². The summed E-state index contributed by atoms with van der Waals surface area (Å²) in [6, 6.07) is 11.3. The molecule has 0 atom stereocenters. The van der Waals surface area contributed by atoms with Crippen molar-refractivity contribution in [1.82, 2.24) is 15.3 Å². The number of anilines is 1. The molecule has 26 heavy (non-hydrogen) atoms. The molecule has 6 nitrogen and oxygen atoms in total. The molecule has 0 unspecified atom stereocenters. The Bertz CT molecular complexity index is 1010. The highest BCUT2D eigenvalue weighted by atomic mass is 16.1. The molecule has 0 aliphatic rings. The first-order valence-corrected chi connectivity index (χ1v) is 8.49. The molecule has 6 heteroatoms. The minimum absolute atomic E-state index is 0.119. The predicted molar refractivity (Wildman–Crippen MR) is 104 cm³/mol. The molecule has 0 fully saturated rings. The average Bonchev–Trinajstić information content (AvgIpc) is 2.62. The molecular formula is C20H22N4O2. The van der Waals surface area contributed by atoms with Crippen LogP contribution in [0.15, 0.2) is 47.4 Å². The zero-order chi connectivity index (χ0) is 18.7. The van der Waals surface area contributed by atoms with Gasteiger partial charge >= 0.3 is 0 Å². The fourth-order valence-corrected chi connectivity index (χ4v) is 2.89. The van der Waals surface area contributed by atoms with Crippen LogP contribution in [0.3, 0.4) is 0 Å². The summed E-state index contributed by atoms with van der Waals surface area (Å²) >= 11 is 0. The smallest absolute Gasteiger partial charge is 0.255 e. The summed E-state index contributed by atoms with van der Waals surface area (Å²) in [5.41, 5.74) is 3.00. The summed E-state index contributed by atoms with van der Waals surface area (Å²) in [5.74, 6) is 0.416. The van der Waals surface area contributed by atoms with Crippen molar-refractivity contribution in [1.29, 1.82) is 0 Å². The molecule has 0 radical (unpaired) electrons. The van der Waals surface area contributed by atoms with Gasteiger partial charge in [-0.1, -0.05) is 11.6 Å². The number of nitrogens with one attached hydrogen (secondary N) is 2. The number of aromatic nitrogens is 2. The van der Waals surface area contributed by atoms with Gasteiger partial charge in [-0.2, -0.15) is 0 Å². The van der Waals surface area contributed by atoms with Crippen molar-refractivity contribution in [2.75, 3.05) is 25.5 Å². The molecule has 0 aliphatic heterocycles. The van der Waals surface area contributed by atoms with Crippen molar-refractivity contribution in [3.05, 3.63) is 69.6 Å². The predicted octanol–water partition coefficient (Wildman–Crippen LogP) is 2.27. The van der Waals surface area contributed by atoms with Gasteiger partial charge in [0.1, 0.15) is 5.82 Å². The molecule has 1 amide bonds. The van der Waals surface area contributed by atoms with Crippen molar-refractivity contribution in [2.24, 2.45) is 0 Å². The van der Waals surface area contributed by atoms with Crippen molar-refractivity contribution >= 4 is 22.6 Å². The van der Waals surface area contributed by atoms with E-state index in [-0.39, 0.29) is 11.5 Å². The number of rotatable bonds is 5. The Kier molecular flexibility index (Phi) is 5.02. The number of aryl methyl sites for hydroxylation is 1. The van der Waals surface area contributed by atoms with Gasteiger partial charge in [0.15, 0.2) is 0 Å². The average molecular weight is 350 g/mol. The number of benzene rings is 1. The maximum Gasteiger partial charge on any atom is 0.255 e. The molecule has 1 aromatic carbocycles. The second kappa shape index (κ2) is 7.39. The zero-order valence-electron chi connectivity index (χ0n) is 15.2. The van der Waals surface area contributed by atoms with E-state index < -0.39 is 0 Å². The Labute approximate surface area is 151 Å². The van der Waals surface area contributed by atoms with Crippen LogP contribution >= 0.6 is 0 Å². The molecule has 0 saturated carbocycles. The Morgan fingerprint density at radius 1 is 1.23 bits per heavy atom. The summed E-state index contributed by atoms with van der Waals surface area (Å²) in [4.78, 5) is 33.6. The van der Waals surface area contributed by atoms with Crippen molar-refractivity contribution in [3.8, 4) is 0 Å². The van der Waals surface area contributed by atoms with Crippen LogP contribution in [0, 0.1) is 6.92 Å². The van der Waals surface area contributed by atoms with Gasteiger partial charge in [0.05, 0.1) is 5.56 Å². The van der Waals surface area contributed by atoms with Gasteiger partial charge in [-0.3, -0.25) is 9.59 Å². The van der Waals surface area contributed by atoms with E-state index in [1.54, 1.807) is 23.2 Å². The van der Waals surface area contributed by atoms with E-state index in [1.165, 1.54) is 0 Å². The molecule has 0 saturated heterocycles. The van der Waals surface area contributed by atoms with E-state index in [2.05, 4.69) is 15.3 Å². The van der Waals surface area contributed by atoms with Gasteiger partial charge in [-0.15, -0.1) is 0 Å². The molecule has 3 aromatic rings. The van der Waals surface area contributed by atoms with Gasteiger partial charge in [-0.25, -0.2) is 4.98 Å². The van der Waals surface area contributed by atoms with E-state index in [1.807, 2.05) is 45.3 Å².